The Morgan fingerprint density at radius 1 is 1.08 bits per heavy atom. The van der Waals surface area contributed by atoms with Crippen LogP contribution in [0.2, 0.25) is 0 Å². The molecule has 0 bridgehead atoms. The fourth-order valence-corrected chi connectivity index (χ4v) is 6.30. The Kier molecular flexibility index (Phi) is 7.11. The topological polar surface area (TPSA) is 57.5 Å². The SMILES string of the molecule is COc1ccc(C(=NC2CCCCC2)N2CCCc3cc(C4=NN(C)C(=O)SC4(C)C)ccc32)cc1. The van der Waals surface area contributed by atoms with Gasteiger partial charge in [-0.05, 0) is 87.1 Å². The number of methoxy groups -OCH3 is 1. The number of rotatable bonds is 4. The van der Waals surface area contributed by atoms with Crippen LogP contribution in [0.15, 0.2) is 52.6 Å². The molecule has 5 rings (SSSR count). The largest absolute Gasteiger partial charge is 0.497 e. The zero-order valence-corrected chi connectivity index (χ0v) is 22.6. The van der Waals surface area contributed by atoms with Crippen molar-refractivity contribution in [2.75, 3.05) is 25.6 Å². The molecule has 7 heteroatoms. The summed E-state index contributed by atoms with van der Waals surface area (Å²) in [6.45, 7) is 5.10. The van der Waals surface area contributed by atoms with Crippen molar-refractivity contribution >= 4 is 34.2 Å². The molecular weight excluding hydrogens is 468 g/mol. The van der Waals surface area contributed by atoms with Crippen LogP contribution in [0.4, 0.5) is 10.5 Å². The van der Waals surface area contributed by atoms with E-state index in [1.165, 1.54) is 47.3 Å². The second-order valence-electron chi connectivity index (χ2n) is 10.4. The third kappa shape index (κ3) is 5.03. The summed E-state index contributed by atoms with van der Waals surface area (Å²) in [5.74, 6) is 1.92. The standard InChI is InChI=1S/C29H36N4O2S/c1-29(2)26(31-32(3)28(34)36-29)22-14-17-25-21(19-22)9-8-18-33(25)27(30-23-10-6-5-7-11-23)20-12-15-24(35-4)16-13-20/h12-17,19,23H,5-11,18H2,1-4H3. The van der Waals surface area contributed by atoms with Gasteiger partial charge < -0.3 is 9.64 Å². The number of aliphatic imine (C=N–C) groups is 1. The maximum Gasteiger partial charge on any atom is 0.302 e. The van der Waals surface area contributed by atoms with Gasteiger partial charge in [0.1, 0.15) is 11.6 Å². The van der Waals surface area contributed by atoms with Gasteiger partial charge in [-0.25, -0.2) is 5.01 Å². The summed E-state index contributed by atoms with van der Waals surface area (Å²) < 4.78 is 5.04. The highest BCUT2D eigenvalue weighted by atomic mass is 32.2. The zero-order valence-electron chi connectivity index (χ0n) is 21.8. The van der Waals surface area contributed by atoms with E-state index < -0.39 is 0 Å². The maximum absolute atomic E-state index is 12.2. The summed E-state index contributed by atoms with van der Waals surface area (Å²) in [6.07, 6.45) is 8.26. The molecule has 0 aromatic heterocycles. The van der Waals surface area contributed by atoms with Crippen LogP contribution in [0.5, 0.6) is 5.75 Å². The quantitative estimate of drug-likeness (QED) is 0.352. The van der Waals surface area contributed by atoms with E-state index >= 15 is 0 Å². The number of amidine groups is 1. The molecule has 6 nitrogen and oxygen atoms in total. The van der Waals surface area contributed by atoms with E-state index in [9.17, 15) is 4.79 Å². The highest BCUT2D eigenvalue weighted by molar-refractivity contribution is 8.15. The van der Waals surface area contributed by atoms with Gasteiger partial charge in [-0.3, -0.25) is 9.79 Å². The van der Waals surface area contributed by atoms with Crippen molar-refractivity contribution in [2.45, 2.75) is 69.6 Å². The van der Waals surface area contributed by atoms with Crippen molar-refractivity contribution in [2.24, 2.45) is 10.1 Å². The number of thioether (sulfide) groups is 1. The number of amides is 1. The van der Waals surface area contributed by atoms with E-state index in [1.54, 1.807) is 14.2 Å². The van der Waals surface area contributed by atoms with Gasteiger partial charge in [0.25, 0.3) is 0 Å². The van der Waals surface area contributed by atoms with Crippen molar-refractivity contribution in [3.8, 4) is 5.75 Å². The summed E-state index contributed by atoms with van der Waals surface area (Å²) in [7, 11) is 3.43. The number of carbonyl (C=O) groups is 1. The molecule has 0 radical (unpaired) electrons. The molecule has 1 aliphatic carbocycles. The molecular formula is C29H36N4O2S. The highest BCUT2D eigenvalue weighted by Gasteiger charge is 2.37. The van der Waals surface area contributed by atoms with Gasteiger partial charge >= 0.3 is 5.24 Å². The Bertz CT molecular complexity index is 1180. The number of hydrazone groups is 1. The van der Waals surface area contributed by atoms with Crippen molar-refractivity contribution in [1.29, 1.82) is 0 Å². The maximum atomic E-state index is 12.2. The smallest absolute Gasteiger partial charge is 0.302 e. The van der Waals surface area contributed by atoms with E-state index in [4.69, 9.17) is 9.73 Å². The van der Waals surface area contributed by atoms with Crippen LogP contribution in [0.1, 0.15) is 69.1 Å². The van der Waals surface area contributed by atoms with Gasteiger partial charge in [0.15, 0.2) is 0 Å². The molecule has 2 aromatic carbocycles. The van der Waals surface area contributed by atoms with Crippen LogP contribution in [0.3, 0.4) is 0 Å². The summed E-state index contributed by atoms with van der Waals surface area (Å²) in [4.78, 5) is 20.0. The van der Waals surface area contributed by atoms with Crippen molar-refractivity contribution in [3.05, 3.63) is 59.2 Å². The van der Waals surface area contributed by atoms with Crippen molar-refractivity contribution in [1.82, 2.24) is 5.01 Å². The van der Waals surface area contributed by atoms with Gasteiger partial charge in [0.2, 0.25) is 0 Å². The number of fused-ring (bicyclic) bond motifs is 1. The summed E-state index contributed by atoms with van der Waals surface area (Å²) in [6, 6.07) is 15.4. The lowest BCUT2D eigenvalue weighted by Crippen LogP contribution is -2.40. The predicted molar refractivity (Wildman–Crippen MR) is 150 cm³/mol. The van der Waals surface area contributed by atoms with Crippen LogP contribution in [-0.2, 0) is 6.42 Å². The van der Waals surface area contributed by atoms with E-state index in [2.05, 4.69) is 54.2 Å². The molecule has 0 atom stereocenters. The number of carbonyl (C=O) groups excluding carboxylic acids is 1. The monoisotopic (exact) mass is 504 g/mol. The number of aryl methyl sites for hydroxylation is 1. The molecule has 0 N–H and O–H groups in total. The third-order valence-electron chi connectivity index (χ3n) is 7.38. The summed E-state index contributed by atoms with van der Waals surface area (Å²) in [5, 5.41) is 6.10. The zero-order chi connectivity index (χ0) is 25.3. The Labute approximate surface area is 218 Å². The van der Waals surface area contributed by atoms with Crippen LogP contribution in [0, 0.1) is 0 Å². The van der Waals surface area contributed by atoms with Crippen molar-refractivity contribution in [3.63, 3.8) is 0 Å². The molecule has 2 aliphatic heterocycles. The fourth-order valence-electron chi connectivity index (χ4n) is 5.44. The summed E-state index contributed by atoms with van der Waals surface area (Å²) in [5.41, 5.74) is 5.70. The van der Waals surface area contributed by atoms with E-state index in [0.29, 0.717) is 6.04 Å². The Morgan fingerprint density at radius 2 is 1.83 bits per heavy atom. The van der Waals surface area contributed by atoms with Gasteiger partial charge in [-0.15, -0.1) is 0 Å². The van der Waals surface area contributed by atoms with E-state index in [-0.39, 0.29) is 9.99 Å². The number of hydrogen-bond acceptors (Lipinski definition) is 5. The molecule has 1 saturated carbocycles. The van der Waals surface area contributed by atoms with Crippen molar-refractivity contribution < 1.29 is 9.53 Å². The Balaban J connectivity index is 1.53. The minimum Gasteiger partial charge on any atom is -0.497 e. The molecule has 2 aromatic rings. The third-order valence-corrected chi connectivity index (χ3v) is 8.52. The first kappa shape index (κ1) is 24.9. The number of ether oxygens (including phenoxy) is 1. The first-order valence-electron chi connectivity index (χ1n) is 13.0. The van der Waals surface area contributed by atoms with E-state index in [1.807, 2.05) is 12.1 Å². The molecule has 0 saturated heterocycles. The fraction of sp³-hybridized carbons (Fsp3) is 0.483. The molecule has 1 fully saturated rings. The van der Waals surface area contributed by atoms with Gasteiger partial charge in [-0.1, -0.05) is 37.1 Å². The first-order valence-corrected chi connectivity index (χ1v) is 13.9. The second kappa shape index (κ2) is 10.3. The molecule has 3 aliphatic rings. The van der Waals surface area contributed by atoms with Gasteiger partial charge in [0, 0.05) is 24.8 Å². The number of anilines is 1. The number of nitrogens with zero attached hydrogens (tertiary/aromatic N) is 4. The van der Waals surface area contributed by atoms with Crippen LogP contribution in [-0.4, -0.2) is 53.3 Å². The molecule has 0 unspecified atom stereocenters. The van der Waals surface area contributed by atoms with Gasteiger partial charge in [-0.2, -0.15) is 5.10 Å². The molecule has 36 heavy (non-hydrogen) atoms. The molecule has 190 valence electrons. The van der Waals surface area contributed by atoms with Crippen LogP contribution >= 0.6 is 11.8 Å². The normalized spacial score (nSPS) is 20.7. The van der Waals surface area contributed by atoms with E-state index in [0.717, 1.165) is 60.7 Å². The Morgan fingerprint density at radius 3 is 2.56 bits per heavy atom. The average Bonchev–Trinajstić information content (AvgIpc) is 2.89. The summed E-state index contributed by atoms with van der Waals surface area (Å²) >= 11 is 1.33. The predicted octanol–water partition coefficient (Wildman–Crippen LogP) is 6.51. The highest BCUT2D eigenvalue weighted by Crippen LogP contribution is 2.37. The molecule has 0 spiro atoms. The van der Waals surface area contributed by atoms with Crippen LogP contribution in [0.25, 0.3) is 0 Å². The minimum absolute atomic E-state index is 0.0176. The average molecular weight is 505 g/mol. The second-order valence-corrected chi connectivity index (χ2v) is 12.0. The lowest BCUT2D eigenvalue weighted by molar-refractivity contribution is 0.234. The van der Waals surface area contributed by atoms with Crippen LogP contribution < -0.4 is 9.64 Å². The van der Waals surface area contributed by atoms with Gasteiger partial charge in [0.05, 0.1) is 23.6 Å². The molecule has 2 heterocycles. The lowest BCUT2D eigenvalue weighted by atomic mass is 9.92. The minimum atomic E-state index is -0.372. The lowest BCUT2D eigenvalue weighted by Gasteiger charge is -2.35. The number of hydrogen-bond donors (Lipinski definition) is 0. The Hall–Kier alpha value is -2.80. The number of benzene rings is 2. The molecule has 1 amide bonds. The first-order chi connectivity index (χ1) is 17.4.